The van der Waals surface area contributed by atoms with Gasteiger partial charge in [-0.05, 0) is 24.5 Å². The Hall–Kier alpha value is -1.50. The normalized spacial score (nSPS) is 20.2. The van der Waals surface area contributed by atoms with Gasteiger partial charge < -0.3 is 14.8 Å². The van der Waals surface area contributed by atoms with E-state index in [4.69, 9.17) is 0 Å². The van der Waals surface area contributed by atoms with Crippen LogP contribution < -0.4 is 10.2 Å². The smallest absolute Gasteiger partial charge is 0.206 e. The maximum atomic E-state index is 11.5. The molecule has 0 spiro atoms. The molecule has 0 radical (unpaired) electrons. The Morgan fingerprint density at radius 3 is 2.96 bits per heavy atom. The van der Waals surface area contributed by atoms with Crippen LogP contribution in [0.2, 0.25) is 0 Å². The molecule has 0 saturated carbocycles. The Balaban J connectivity index is 1.96. The minimum atomic E-state index is -2.07. The van der Waals surface area contributed by atoms with Crippen LogP contribution >= 0.6 is 0 Å². The van der Waals surface area contributed by atoms with Crippen molar-refractivity contribution in [1.82, 2.24) is 10.3 Å². The molecular formula is C17H23N3O2S. The molecule has 1 fully saturated rings. The predicted octanol–water partition coefficient (Wildman–Crippen LogP) is 2.64. The summed E-state index contributed by atoms with van der Waals surface area (Å²) in [6.07, 6.45) is 2.76. The third-order valence-electron chi connectivity index (χ3n) is 4.26. The molecule has 2 N–H and O–H groups in total. The lowest BCUT2D eigenvalue weighted by atomic mass is 10.0. The lowest BCUT2D eigenvalue weighted by molar-refractivity contribution is 0.388. The molecule has 1 aliphatic heterocycles. The Kier molecular flexibility index (Phi) is 4.94. The van der Waals surface area contributed by atoms with Crippen molar-refractivity contribution >= 4 is 27.5 Å². The summed E-state index contributed by atoms with van der Waals surface area (Å²) in [7, 11) is 0. The average molecular weight is 333 g/mol. The molecule has 23 heavy (non-hydrogen) atoms. The molecule has 2 heterocycles. The summed E-state index contributed by atoms with van der Waals surface area (Å²) in [6, 6.07) is 8.30. The van der Waals surface area contributed by atoms with Gasteiger partial charge in [0, 0.05) is 48.3 Å². The van der Waals surface area contributed by atoms with E-state index in [9.17, 15) is 8.76 Å². The molecule has 5 nitrogen and oxygen atoms in total. The third kappa shape index (κ3) is 3.54. The number of nitrogens with zero attached hydrogens (tertiary/aromatic N) is 2. The SMILES string of the molecule is CC(C)CC1CN(c2cccc3c(S(=O)O)nccc23)CCN1. The summed E-state index contributed by atoms with van der Waals surface area (Å²) < 4.78 is 21.0. The lowest BCUT2D eigenvalue weighted by Gasteiger charge is -2.36. The van der Waals surface area contributed by atoms with Crippen molar-refractivity contribution in [3.63, 3.8) is 0 Å². The van der Waals surface area contributed by atoms with Crippen molar-refractivity contribution in [2.45, 2.75) is 31.3 Å². The van der Waals surface area contributed by atoms with Crippen LogP contribution in [0.25, 0.3) is 10.8 Å². The highest BCUT2D eigenvalue weighted by Crippen LogP contribution is 2.30. The number of hydrogen-bond donors (Lipinski definition) is 2. The number of hydrogen-bond acceptors (Lipinski definition) is 4. The molecule has 1 aromatic heterocycles. The second-order valence-corrected chi connectivity index (χ2v) is 7.35. The zero-order chi connectivity index (χ0) is 16.4. The molecule has 3 rings (SSSR count). The van der Waals surface area contributed by atoms with E-state index in [2.05, 4.69) is 35.1 Å². The van der Waals surface area contributed by atoms with Gasteiger partial charge in [-0.15, -0.1) is 0 Å². The fourth-order valence-electron chi connectivity index (χ4n) is 3.35. The summed E-state index contributed by atoms with van der Waals surface area (Å²) in [6.45, 7) is 7.34. The Labute approximate surface area is 139 Å². The Morgan fingerprint density at radius 2 is 2.22 bits per heavy atom. The van der Waals surface area contributed by atoms with E-state index < -0.39 is 11.1 Å². The van der Waals surface area contributed by atoms with Gasteiger partial charge in [0.15, 0.2) is 5.03 Å². The monoisotopic (exact) mass is 333 g/mol. The lowest BCUT2D eigenvalue weighted by Crippen LogP contribution is -2.51. The summed E-state index contributed by atoms with van der Waals surface area (Å²) in [4.78, 5) is 6.44. The zero-order valence-corrected chi connectivity index (χ0v) is 14.3. The van der Waals surface area contributed by atoms with Crippen molar-refractivity contribution in [2.24, 2.45) is 5.92 Å². The predicted molar refractivity (Wildman–Crippen MR) is 94.2 cm³/mol. The molecule has 1 aromatic carbocycles. The topological polar surface area (TPSA) is 65.5 Å². The molecule has 0 amide bonds. The number of rotatable bonds is 4. The van der Waals surface area contributed by atoms with Gasteiger partial charge in [-0.1, -0.05) is 26.0 Å². The van der Waals surface area contributed by atoms with Crippen LogP contribution in [-0.2, 0) is 11.1 Å². The average Bonchev–Trinajstić information content (AvgIpc) is 2.53. The van der Waals surface area contributed by atoms with Crippen molar-refractivity contribution in [1.29, 1.82) is 0 Å². The molecule has 1 aliphatic rings. The Bertz CT molecular complexity index is 720. The highest BCUT2D eigenvalue weighted by atomic mass is 32.2. The first kappa shape index (κ1) is 16.4. The maximum absolute atomic E-state index is 11.5. The molecule has 0 bridgehead atoms. The molecular weight excluding hydrogens is 310 g/mol. The van der Waals surface area contributed by atoms with E-state index in [1.807, 2.05) is 18.2 Å². The molecule has 2 unspecified atom stereocenters. The first-order valence-electron chi connectivity index (χ1n) is 8.03. The standard InChI is InChI=1S/C17H23N3O2S/c1-12(2)10-13-11-20(9-8-18-13)16-5-3-4-15-14(16)6-7-19-17(15)23(21)22/h3-7,12-13,18H,8-11H2,1-2H3,(H,21,22). The summed E-state index contributed by atoms with van der Waals surface area (Å²) >= 11 is -2.07. The molecule has 1 saturated heterocycles. The molecule has 2 aromatic rings. The molecule has 124 valence electrons. The number of pyridine rings is 1. The van der Waals surface area contributed by atoms with Gasteiger partial charge in [0.1, 0.15) is 0 Å². The van der Waals surface area contributed by atoms with Crippen molar-refractivity contribution in [2.75, 3.05) is 24.5 Å². The summed E-state index contributed by atoms with van der Waals surface area (Å²) in [5, 5.41) is 5.56. The molecule has 2 atom stereocenters. The van der Waals surface area contributed by atoms with Crippen molar-refractivity contribution < 1.29 is 8.76 Å². The number of benzene rings is 1. The summed E-state index contributed by atoms with van der Waals surface area (Å²) in [5.74, 6) is 0.660. The van der Waals surface area contributed by atoms with Gasteiger partial charge in [-0.2, -0.15) is 0 Å². The van der Waals surface area contributed by atoms with Crippen LogP contribution in [0.1, 0.15) is 20.3 Å². The minimum Gasteiger partial charge on any atom is -0.368 e. The van der Waals surface area contributed by atoms with Crippen molar-refractivity contribution in [3.8, 4) is 0 Å². The second kappa shape index (κ2) is 6.95. The van der Waals surface area contributed by atoms with Gasteiger partial charge in [0.05, 0.1) is 0 Å². The minimum absolute atomic E-state index is 0.234. The van der Waals surface area contributed by atoms with Gasteiger partial charge in [-0.25, -0.2) is 9.19 Å². The quantitative estimate of drug-likeness (QED) is 0.842. The zero-order valence-electron chi connectivity index (χ0n) is 13.5. The van der Waals surface area contributed by atoms with Gasteiger partial charge >= 0.3 is 0 Å². The second-order valence-electron chi connectivity index (χ2n) is 6.46. The highest BCUT2D eigenvalue weighted by molar-refractivity contribution is 7.79. The van der Waals surface area contributed by atoms with Crippen LogP contribution in [0.5, 0.6) is 0 Å². The van der Waals surface area contributed by atoms with Crippen LogP contribution in [0.3, 0.4) is 0 Å². The maximum Gasteiger partial charge on any atom is 0.206 e. The fraction of sp³-hybridized carbons (Fsp3) is 0.471. The fourth-order valence-corrected chi connectivity index (χ4v) is 3.87. The van der Waals surface area contributed by atoms with Crippen LogP contribution in [0, 0.1) is 5.92 Å². The largest absolute Gasteiger partial charge is 0.368 e. The van der Waals surface area contributed by atoms with Gasteiger partial charge in [-0.3, -0.25) is 0 Å². The van der Waals surface area contributed by atoms with E-state index in [1.165, 1.54) is 0 Å². The van der Waals surface area contributed by atoms with E-state index in [0.29, 0.717) is 12.0 Å². The highest BCUT2D eigenvalue weighted by Gasteiger charge is 2.22. The van der Waals surface area contributed by atoms with E-state index in [0.717, 1.165) is 42.5 Å². The Morgan fingerprint density at radius 1 is 1.39 bits per heavy atom. The number of nitrogens with one attached hydrogen (secondary N) is 1. The van der Waals surface area contributed by atoms with E-state index in [1.54, 1.807) is 6.20 Å². The van der Waals surface area contributed by atoms with E-state index in [-0.39, 0.29) is 5.03 Å². The summed E-state index contributed by atoms with van der Waals surface area (Å²) in [5.41, 5.74) is 1.12. The number of fused-ring (bicyclic) bond motifs is 1. The first-order valence-corrected chi connectivity index (χ1v) is 9.14. The third-order valence-corrected chi connectivity index (χ3v) is 4.92. The van der Waals surface area contributed by atoms with Gasteiger partial charge in [0.2, 0.25) is 11.1 Å². The number of anilines is 1. The first-order chi connectivity index (χ1) is 11.1. The van der Waals surface area contributed by atoms with Crippen LogP contribution in [0.15, 0.2) is 35.5 Å². The van der Waals surface area contributed by atoms with Crippen LogP contribution in [0.4, 0.5) is 5.69 Å². The van der Waals surface area contributed by atoms with Crippen LogP contribution in [-0.4, -0.2) is 39.4 Å². The molecule has 6 heteroatoms. The van der Waals surface area contributed by atoms with Gasteiger partial charge in [0.25, 0.3) is 0 Å². The van der Waals surface area contributed by atoms with Crippen molar-refractivity contribution in [3.05, 3.63) is 30.5 Å². The molecule has 0 aliphatic carbocycles. The number of aromatic nitrogens is 1. The van der Waals surface area contributed by atoms with E-state index >= 15 is 0 Å². The number of piperazine rings is 1.